The van der Waals surface area contributed by atoms with E-state index in [-0.39, 0.29) is 35.3 Å². The topological polar surface area (TPSA) is 225 Å². The number of non-ortho nitro benzene ring substituents is 1. The second-order valence-electron chi connectivity index (χ2n) is 9.03. The number of thiazole rings is 1. The summed E-state index contributed by atoms with van der Waals surface area (Å²) in [7, 11) is 1.66. The van der Waals surface area contributed by atoms with E-state index in [1.165, 1.54) is 57.4 Å². The minimum atomic E-state index is -1.23. The zero-order chi connectivity index (χ0) is 30.7. The average molecular weight is 648 g/mol. The number of aryl methyl sites for hydroxylation is 1. The molecule has 1 unspecified atom stereocenters. The summed E-state index contributed by atoms with van der Waals surface area (Å²) in [5, 5.41) is 38.5. The molecular formula is C23H21N9O8S3. The Bertz CT molecular complexity index is 1620. The van der Waals surface area contributed by atoms with Gasteiger partial charge in [0, 0.05) is 36.1 Å². The Morgan fingerprint density at radius 1 is 1.28 bits per heavy atom. The first-order valence-electron chi connectivity index (χ1n) is 12.3. The molecule has 0 spiro atoms. The van der Waals surface area contributed by atoms with Gasteiger partial charge in [-0.3, -0.25) is 29.9 Å². The van der Waals surface area contributed by atoms with Crippen LogP contribution >= 0.6 is 34.9 Å². The van der Waals surface area contributed by atoms with Gasteiger partial charge in [0.1, 0.15) is 23.7 Å². The number of benzene rings is 1. The minimum Gasteiger partial charge on any atom is -0.477 e. The molecule has 2 aliphatic heterocycles. The molecular weight excluding hydrogens is 627 g/mol. The number of nitrogens with one attached hydrogen (secondary N) is 2. The van der Waals surface area contributed by atoms with Crippen molar-refractivity contribution >= 4 is 69.6 Å². The van der Waals surface area contributed by atoms with Crippen molar-refractivity contribution in [1.82, 2.24) is 35.4 Å². The number of nitro groups is 1. The molecule has 3 N–H and O–H groups in total. The normalized spacial score (nSPS) is 17.6. The first kappa shape index (κ1) is 29.9. The highest BCUT2D eigenvalue weighted by atomic mass is 32.2. The molecule has 0 aliphatic carbocycles. The number of thioether (sulfide) groups is 2. The minimum absolute atomic E-state index is 0.0806. The van der Waals surface area contributed by atoms with Gasteiger partial charge in [0.15, 0.2) is 5.13 Å². The van der Waals surface area contributed by atoms with Gasteiger partial charge in [-0.05, 0) is 33.7 Å². The van der Waals surface area contributed by atoms with E-state index in [9.17, 15) is 34.4 Å². The average Bonchev–Trinajstić information content (AvgIpc) is 3.60. The van der Waals surface area contributed by atoms with E-state index in [4.69, 9.17) is 4.74 Å². The highest BCUT2D eigenvalue weighted by molar-refractivity contribution is 8.01. The van der Waals surface area contributed by atoms with E-state index in [1.54, 1.807) is 12.4 Å². The van der Waals surface area contributed by atoms with E-state index in [1.807, 2.05) is 0 Å². The quantitative estimate of drug-likeness (QED) is 0.116. The zero-order valence-electron chi connectivity index (χ0n) is 22.0. The standard InChI is InChI=1S/C23H21N9O8S3/c1-30-22(27-28-29-30)43-9-12-8-41-19-16(18(34)31(19)17(12)20(35)36)25-15(33)6-13-10-42-21(24-13)26-23(37)40-7-11-2-4-14(5-3-11)32(38)39/h2-5,10,16,19H,6-9H2,1H3,(H,25,33)(H,35,36)(H,24,26,37)/t16?,19-/m0/s1. The number of anilines is 1. The number of nitro benzene ring substituents is 1. The number of amides is 3. The summed E-state index contributed by atoms with van der Waals surface area (Å²) in [5.41, 5.74) is 1.27. The van der Waals surface area contributed by atoms with Gasteiger partial charge in [-0.2, -0.15) is 0 Å². The van der Waals surface area contributed by atoms with Gasteiger partial charge in [0.05, 0.1) is 17.0 Å². The van der Waals surface area contributed by atoms with Crippen molar-refractivity contribution in [3.05, 3.63) is 62.3 Å². The number of ether oxygens (including phenoxy) is 1. The number of β-lactam (4-membered cyclic amide) rings is 1. The molecule has 1 aromatic carbocycles. The molecule has 0 bridgehead atoms. The molecule has 2 aromatic heterocycles. The molecule has 0 radical (unpaired) electrons. The predicted octanol–water partition coefficient (Wildman–Crippen LogP) is 1.40. The highest BCUT2D eigenvalue weighted by Gasteiger charge is 2.54. The van der Waals surface area contributed by atoms with Gasteiger partial charge in [0.2, 0.25) is 11.1 Å². The van der Waals surface area contributed by atoms with E-state index in [0.29, 0.717) is 27.7 Å². The van der Waals surface area contributed by atoms with Crippen LogP contribution in [-0.4, -0.2) is 86.9 Å². The summed E-state index contributed by atoms with van der Waals surface area (Å²) in [5.74, 6) is -1.62. The Labute approximate surface area is 254 Å². The van der Waals surface area contributed by atoms with Crippen molar-refractivity contribution in [1.29, 1.82) is 0 Å². The van der Waals surface area contributed by atoms with E-state index >= 15 is 0 Å². The number of carboxylic acids is 1. The number of aliphatic carboxylic acids is 1. The van der Waals surface area contributed by atoms with Gasteiger partial charge in [-0.1, -0.05) is 11.8 Å². The SMILES string of the molecule is Cn1nnnc1SCC1=C(C(=O)O)N2C(=O)C(NC(=O)Cc3csc(NC(=O)OCc4ccc([N+](=O)[O-])cc4)n3)[C@@H]2SC1. The maximum absolute atomic E-state index is 12.9. The van der Waals surface area contributed by atoms with Crippen LogP contribution in [-0.2, 0) is 39.2 Å². The first-order valence-corrected chi connectivity index (χ1v) is 15.2. The summed E-state index contributed by atoms with van der Waals surface area (Å²) in [6, 6.07) is 4.65. The summed E-state index contributed by atoms with van der Waals surface area (Å²) in [4.78, 5) is 65.4. The van der Waals surface area contributed by atoms with Gasteiger partial charge >= 0.3 is 12.1 Å². The van der Waals surface area contributed by atoms with Gasteiger partial charge in [-0.15, -0.1) is 28.2 Å². The number of tetrazole rings is 1. The van der Waals surface area contributed by atoms with Crippen LogP contribution in [0.4, 0.5) is 15.6 Å². The highest BCUT2D eigenvalue weighted by Crippen LogP contribution is 2.41. The molecule has 3 amide bonds. The Morgan fingerprint density at radius 3 is 2.72 bits per heavy atom. The lowest BCUT2D eigenvalue weighted by molar-refractivity contribution is -0.384. The third kappa shape index (κ3) is 6.75. The van der Waals surface area contributed by atoms with Gasteiger partial charge < -0.3 is 15.2 Å². The summed E-state index contributed by atoms with van der Waals surface area (Å²) >= 11 is 3.68. The van der Waals surface area contributed by atoms with Crippen molar-refractivity contribution in [2.75, 3.05) is 16.8 Å². The number of carbonyl (C=O) groups excluding carboxylic acids is 3. The lowest BCUT2D eigenvalue weighted by atomic mass is 10.0. The van der Waals surface area contributed by atoms with Crippen molar-refractivity contribution < 1.29 is 33.9 Å². The third-order valence-corrected chi connectivity index (χ3v) is 9.39. The molecule has 17 nitrogen and oxygen atoms in total. The Balaban J connectivity index is 1.11. The fraction of sp³-hybridized carbons (Fsp3) is 0.304. The molecule has 1 saturated heterocycles. The van der Waals surface area contributed by atoms with Crippen molar-refractivity contribution in [2.45, 2.75) is 29.6 Å². The maximum Gasteiger partial charge on any atom is 0.413 e. The fourth-order valence-electron chi connectivity index (χ4n) is 4.11. The molecule has 20 heteroatoms. The molecule has 43 heavy (non-hydrogen) atoms. The number of nitrogens with zero attached hydrogens (tertiary/aromatic N) is 7. The third-order valence-electron chi connectivity index (χ3n) is 6.14. The number of fused-ring (bicyclic) bond motifs is 1. The molecule has 5 rings (SSSR count). The predicted molar refractivity (Wildman–Crippen MR) is 152 cm³/mol. The smallest absolute Gasteiger partial charge is 0.413 e. The van der Waals surface area contributed by atoms with Crippen LogP contribution in [0.3, 0.4) is 0 Å². The first-order chi connectivity index (χ1) is 20.6. The number of carbonyl (C=O) groups is 4. The molecule has 3 aromatic rings. The number of aromatic nitrogens is 5. The Hall–Kier alpha value is -4.56. The Kier molecular flexibility index (Phi) is 8.87. The second kappa shape index (κ2) is 12.8. The van der Waals surface area contributed by atoms with Crippen LogP contribution in [0.2, 0.25) is 0 Å². The van der Waals surface area contributed by atoms with Crippen molar-refractivity contribution in [3.63, 3.8) is 0 Å². The van der Waals surface area contributed by atoms with Crippen LogP contribution in [0.25, 0.3) is 0 Å². The Morgan fingerprint density at radius 2 is 2.05 bits per heavy atom. The molecule has 2 aliphatic rings. The second-order valence-corrected chi connectivity index (χ2v) is 11.9. The number of hydrogen-bond donors (Lipinski definition) is 3. The van der Waals surface area contributed by atoms with E-state index in [2.05, 4.69) is 31.1 Å². The molecule has 224 valence electrons. The molecule has 2 atom stereocenters. The van der Waals surface area contributed by atoms with Gasteiger partial charge in [-0.25, -0.2) is 19.3 Å². The van der Waals surface area contributed by atoms with Gasteiger partial charge in [0.25, 0.3) is 11.6 Å². The van der Waals surface area contributed by atoms with Crippen LogP contribution in [0.5, 0.6) is 0 Å². The van der Waals surface area contributed by atoms with Crippen LogP contribution in [0.15, 0.2) is 46.1 Å². The maximum atomic E-state index is 12.9. The summed E-state index contributed by atoms with van der Waals surface area (Å²) in [6.45, 7) is -0.117. The molecule has 0 saturated carbocycles. The van der Waals surface area contributed by atoms with Crippen molar-refractivity contribution in [2.24, 2.45) is 7.05 Å². The number of hydrogen-bond acceptors (Lipinski definition) is 14. The lowest BCUT2D eigenvalue weighted by Gasteiger charge is -2.49. The fourth-order valence-corrected chi connectivity index (χ4v) is 7.14. The van der Waals surface area contributed by atoms with Crippen LogP contribution in [0, 0.1) is 10.1 Å². The van der Waals surface area contributed by atoms with Crippen molar-refractivity contribution in [3.8, 4) is 0 Å². The van der Waals surface area contributed by atoms with E-state index < -0.39 is 40.2 Å². The van der Waals surface area contributed by atoms with Crippen LogP contribution in [0.1, 0.15) is 11.3 Å². The van der Waals surface area contributed by atoms with E-state index in [0.717, 1.165) is 11.3 Å². The molecule has 4 heterocycles. The zero-order valence-corrected chi connectivity index (χ0v) is 24.5. The molecule has 1 fully saturated rings. The number of carboxylic acid groups (broad SMARTS) is 1. The largest absolute Gasteiger partial charge is 0.477 e. The monoisotopic (exact) mass is 647 g/mol. The number of rotatable bonds is 11. The lowest BCUT2D eigenvalue weighted by Crippen LogP contribution is -2.70. The summed E-state index contributed by atoms with van der Waals surface area (Å²) in [6.07, 6.45) is -0.974. The summed E-state index contributed by atoms with van der Waals surface area (Å²) < 4.78 is 6.56. The van der Waals surface area contributed by atoms with Crippen LogP contribution < -0.4 is 10.6 Å².